The van der Waals surface area contributed by atoms with Crippen LogP contribution in [0.4, 0.5) is 5.69 Å². The molecule has 0 spiro atoms. The van der Waals surface area contributed by atoms with Crippen molar-refractivity contribution in [2.24, 2.45) is 0 Å². The lowest BCUT2D eigenvalue weighted by atomic mass is 10.3. The third-order valence-corrected chi connectivity index (χ3v) is 5.93. The Hall–Kier alpha value is -0.350. The smallest absolute Gasteiger partial charge is 0.247 e. The van der Waals surface area contributed by atoms with E-state index in [1.165, 1.54) is 0 Å². The molecule has 0 radical (unpaired) electrons. The summed E-state index contributed by atoms with van der Waals surface area (Å²) < 4.78 is 47.7. The Morgan fingerprint density at radius 3 is 2.25 bits per heavy atom. The molecule has 0 saturated heterocycles. The molecule has 0 atom stereocenters. The quantitative estimate of drug-likeness (QED) is 0.798. The monoisotopic (exact) mass is 375 g/mol. The zero-order valence-corrected chi connectivity index (χ0v) is 12.1. The fourth-order valence-electron chi connectivity index (χ4n) is 1.02. The number of halogens is 1. The van der Waals surface area contributed by atoms with E-state index in [1.807, 2.05) is 22.6 Å². The second-order valence-electron chi connectivity index (χ2n) is 3.24. The van der Waals surface area contributed by atoms with E-state index in [2.05, 4.69) is 4.72 Å². The van der Waals surface area contributed by atoms with Crippen LogP contribution in [-0.4, -0.2) is 28.2 Å². The van der Waals surface area contributed by atoms with Crippen LogP contribution in [0.3, 0.4) is 0 Å². The van der Waals surface area contributed by atoms with Gasteiger partial charge in [0, 0.05) is 9.83 Å². The van der Waals surface area contributed by atoms with Crippen molar-refractivity contribution in [1.29, 1.82) is 0 Å². The average Bonchev–Trinajstić information content (AvgIpc) is 2.04. The van der Waals surface area contributed by atoms with E-state index in [-0.39, 0.29) is 0 Å². The predicted octanol–water partition coefficient (Wildman–Crippen LogP) is 1.03. The molecule has 1 rings (SSSR count). The number of anilines is 1. The number of nitrogens with one attached hydrogen (secondary N) is 1. The Morgan fingerprint density at radius 1 is 1.19 bits per heavy atom. The number of hydrogen-bond acceptors (Lipinski definition) is 4. The highest BCUT2D eigenvalue weighted by Gasteiger charge is 2.18. The Kier molecular flexibility index (Phi) is 4.18. The standard InChI is InChI=1S/C8H10INO4S2/c1-15(11,12)6-16(13,14)10-8-5-3-2-4-7(8)9/h2-5,10H,6H2,1H3. The fraction of sp³-hybridized carbons (Fsp3) is 0.250. The van der Waals surface area contributed by atoms with Crippen LogP contribution in [0.1, 0.15) is 0 Å². The van der Waals surface area contributed by atoms with Crippen molar-refractivity contribution < 1.29 is 16.8 Å². The van der Waals surface area contributed by atoms with E-state index in [0.717, 1.165) is 6.26 Å². The van der Waals surface area contributed by atoms with Crippen molar-refractivity contribution in [3.63, 3.8) is 0 Å². The maximum atomic E-state index is 11.5. The summed E-state index contributed by atoms with van der Waals surface area (Å²) in [5.74, 6) is 0. The van der Waals surface area contributed by atoms with E-state index < -0.39 is 24.9 Å². The molecule has 5 nitrogen and oxygen atoms in total. The molecule has 0 heterocycles. The zero-order valence-electron chi connectivity index (χ0n) is 8.34. The molecule has 0 aliphatic heterocycles. The first-order valence-electron chi connectivity index (χ1n) is 4.12. The van der Waals surface area contributed by atoms with Crippen molar-refractivity contribution >= 4 is 48.1 Å². The summed E-state index contributed by atoms with van der Waals surface area (Å²) in [7, 11) is -7.43. The SMILES string of the molecule is CS(=O)(=O)CS(=O)(=O)Nc1ccccc1I. The normalized spacial score (nSPS) is 12.4. The molecule has 0 fully saturated rings. The third kappa shape index (κ3) is 4.66. The highest BCUT2D eigenvalue weighted by molar-refractivity contribution is 14.1. The second-order valence-corrected chi connectivity index (χ2v) is 8.63. The summed E-state index contributed by atoms with van der Waals surface area (Å²) in [6.07, 6.45) is 0.877. The van der Waals surface area contributed by atoms with Gasteiger partial charge in [-0.2, -0.15) is 0 Å². The largest absolute Gasteiger partial charge is 0.282 e. The summed E-state index contributed by atoms with van der Waals surface area (Å²) in [6, 6.07) is 6.72. The summed E-state index contributed by atoms with van der Waals surface area (Å²) in [5, 5.41) is -0.912. The van der Waals surface area contributed by atoms with Crippen molar-refractivity contribution in [3.8, 4) is 0 Å². The molecule has 0 bridgehead atoms. The minimum atomic E-state index is -3.86. The van der Waals surface area contributed by atoms with E-state index in [1.54, 1.807) is 24.3 Å². The highest BCUT2D eigenvalue weighted by atomic mass is 127. The Bertz CT molecular complexity index is 580. The van der Waals surface area contributed by atoms with Gasteiger partial charge in [-0.15, -0.1) is 0 Å². The van der Waals surface area contributed by atoms with Gasteiger partial charge in [-0.05, 0) is 34.7 Å². The van der Waals surface area contributed by atoms with Gasteiger partial charge in [-0.1, -0.05) is 12.1 Å². The van der Waals surface area contributed by atoms with Gasteiger partial charge in [0.05, 0.1) is 5.69 Å². The van der Waals surface area contributed by atoms with Gasteiger partial charge in [0.2, 0.25) is 10.0 Å². The molecular weight excluding hydrogens is 365 g/mol. The average molecular weight is 375 g/mol. The van der Waals surface area contributed by atoms with Gasteiger partial charge in [-0.25, -0.2) is 16.8 Å². The zero-order chi connectivity index (χ0) is 12.4. The van der Waals surface area contributed by atoms with Gasteiger partial charge in [0.1, 0.15) is 0 Å². The van der Waals surface area contributed by atoms with Crippen LogP contribution in [0, 0.1) is 3.57 Å². The van der Waals surface area contributed by atoms with E-state index >= 15 is 0 Å². The molecule has 0 amide bonds. The molecule has 0 unspecified atom stereocenters. The van der Waals surface area contributed by atoms with Crippen LogP contribution in [0.2, 0.25) is 0 Å². The third-order valence-electron chi connectivity index (χ3n) is 1.51. The van der Waals surface area contributed by atoms with Crippen molar-refractivity contribution in [2.45, 2.75) is 0 Å². The van der Waals surface area contributed by atoms with Gasteiger partial charge < -0.3 is 0 Å². The first-order valence-corrected chi connectivity index (χ1v) is 8.91. The van der Waals surface area contributed by atoms with Crippen LogP contribution in [-0.2, 0) is 19.9 Å². The molecule has 0 aliphatic carbocycles. The van der Waals surface area contributed by atoms with E-state index in [4.69, 9.17) is 0 Å². The topological polar surface area (TPSA) is 80.3 Å². The Balaban J connectivity index is 2.95. The summed E-state index contributed by atoms with van der Waals surface area (Å²) >= 11 is 1.96. The molecule has 1 aromatic rings. The van der Waals surface area contributed by atoms with E-state index in [9.17, 15) is 16.8 Å². The Morgan fingerprint density at radius 2 is 1.75 bits per heavy atom. The minimum absolute atomic E-state index is 0.381. The number of sulfone groups is 1. The van der Waals surface area contributed by atoms with Gasteiger partial charge >= 0.3 is 0 Å². The second kappa shape index (κ2) is 4.88. The predicted molar refractivity (Wildman–Crippen MR) is 71.4 cm³/mol. The van der Waals surface area contributed by atoms with Crippen molar-refractivity contribution in [2.75, 3.05) is 16.1 Å². The lowest BCUT2D eigenvalue weighted by Crippen LogP contribution is -2.22. The Labute approximate surface area is 108 Å². The number of para-hydroxylation sites is 1. The summed E-state index contributed by atoms with van der Waals surface area (Å²) in [5.41, 5.74) is 0.381. The van der Waals surface area contributed by atoms with Crippen molar-refractivity contribution in [3.05, 3.63) is 27.8 Å². The van der Waals surface area contributed by atoms with Crippen molar-refractivity contribution in [1.82, 2.24) is 0 Å². The maximum absolute atomic E-state index is 11.5. The number of benzene rings is 1. The molecule has 8 heteroatoms. The summed E-state index contributed by atoms with van der Waals surface area (Å²) in [4.78, 5) is 0. The van der Waals surface area contributed by atoms with Crippen LogP contribution in [0.25, 0.3) is 0 Å². The molecule has 0 saturated carbocycles. The van der Waals surface area contributed by atoms with E-state index in [0.29, 0.717) is 9.26 Å². The fourth-order valence-corrected chi connectivity index (χ4v) is 4.73. The lowest BCUT2D eigenvalue weighted by Gasteiger charge is -2.08. The molecule has 0 aromatic heterocycles. The van der Waals surface area contributed by atoms with Crippen LogP contribution >= 0.6 is 22.6 Å². The number of rotatable bonds is 4. The lowest BCUT2D eigenvalue weighted by molar-refractivity contribution is 0.595. The molecule has 1 N–H and O–H groups in total. The summed E-state index contributed by atoms with van der Waals surface area (Å²) in [6.45, 7) is 0. The molecule has 16 heavy (non-hydrogen) atoms. The molecular formula is C8H10INO4S2. The first kappa shape index (κ1) is 13.7. The van der Waals surface area contributed by atoms with Gasteiger partial charge in [0.15, 0.2) is 14.9 Å². The number of hydrogen-bond donors (Lipinski definition) is 1. The first-order chi connectivity index (χ1) is 7.20. The van der Waals surface area contributed by atoms with Crippen LogP contribution in [0.5, 0.6) is 0 Å². The van der Waals surface area contributed by atoms with Gasteiger partial charge in [0.25, 0.3) is 0 Å². The molecule has 90 valence electrons. The highest BCUT2D eigenvalue weighted by Crippen LogP contribution is 2.18. The van der Waals surface area contributed by atoms with Crippen LogP contribution in [0.15, 0.2) is 24.3 Å². The molecule has 0 aliphatic rings. The maximum Gasteiger partial charge on any atom is 0.247 e. The molecule has 1 aromatic carbocycles. The van der Waals surface area contributed by atoms with Gasteiger partial charge in [-0.3, -0.25) is 4.72 Å². The minimum Gasteiger partial charge on any atom is -0.282 e. The van der Waals surface area contributed by atoms with Crippen LogP contribution < -0.4 is 4.72 Å². The number of sulfonamides is 1.